The molecule has 0 unspecified atom stereocenters. The number of carbonyl (C=O) groups is 1. The molecule has 6 nitrogen and oxygen atoms in total. The van der Waals surface area contributed by atoms with Crippen molar-refractivity contribution in [2.75, 3.05) is 19.3 Å². The second-order valence-electron chi connectivity index (χ2n) is 6.69. The second-order valence-corrected chi connectivity index (χ2v) is 9.54. The van der Waals surface area contributed by atoms with Crippen molar-refractivity contribution in [3.63, 3.8) is 0 Å². The molecule has 0 aliphatic carbocycles. The first-order valence-electron chi connectivity index (χ1n) is 8.56. The van der Waals surface area contributed by atoms with E-state index in [1.54, 1.807) is 0 Å². The second kappa shape index (κ2) is 7.85. The van der Waals surface area contributed by atoms with E-state index < -0.39 is 10.0 Å². The molecule has 1 saturated heterocycles. The number of piperidine rings is 1. The maximum absolute atomic E-state index is 12.5. The molecule has 0 radical (unpaired) electrons. The third kappa shape index (κ3) is 4.69. The number of rotatable bonds is 4. The Kier molecular flexibility index (Phi) is 5.74. The Hall–Kier alpha value is -1.77. The Balaban J connectivity index is 1.70. The van der Waals surface area contributed by atoms with Gasteiger partial charge in [0.25, 0.3) is 5.91 Å². The van der Waals surface area contributed by atoms with Crippen LogP contribution in [0.5, 0.6) is 0 Å². The first-order valence-corrected chi connectivity index (χ1v) is 11.3. The number of sulfonamides is 1. The van der Waals surface area contributed by atoms with E-state index in [9.17, 15) is 13.2 Å². The first-order chi connectivity index (χ1) is 12.3. The van der Waals surface area contributed by atoms with Gasteiger partial charge in [0.2, 0.25) is 10.0 Å². The number of aryl methyl sites for hydroxylation is 1. The van der Waals surface area contributed by atoms with E-state index in [0.29, 0.717) is 37.3 Å². The Morgan fingerprint density at radius 2 is 1.88 bits per heavy atom. The fourth-order valence-corrected chi connectivity index (χ4v) is 4.62. The van der Waals surface area contributed by atoms with Crippen LogP contribution in [-0.2, 0) is 21.4 Å². The molecule has 26 heavy (non-hydrogen) atoms. The van der Waals surface area contributed by atoms with E-state index in [2.05, 4.69) is 36.2 Å². The molecule has 3 rings (SSSR count). The van der Waals surface area contributed by atoms with Gasteiger partial charge < -0.3 is 4.57 Å². The van der Waals surface area contributed by atoms with Gasteiger partial charge in [-0.3, -0.25) is 4.79 Å². The lowest BCUT2D eigenvalue weighted by molar-refractivity contribution is -0.122. The van der Waals surface area contributed by atoms with Crippen molar-refractivity contribution >= 4 is 27.3 Å². The molecule has 1 aromatic carbocycles. The number of hydrogen-bond donors (Lipinski definition) is 0. The molecule has 0 saturated carbocycles. The van der Waals surface area contributed by atoms with Crippen molar-refractivity contribution in [2.45, 2.75) is 26.3 Å². The van der Waals surface area contributed by atoms with Crippen LogP contribution in [-0.4, -0.2) is 42.5 Å². The maximum atomic E-state index is 12.5. The zero-order valence-electron chi connectivity index (χ0n) is 15.0. The summed E-state index contributed by atoms with van der Waals surface area (Å²) in [6, 6.07) is 8.29. The van der Waals surface area contributed by atoms with Gasteiger partial charge in [-0.1, -0.05) is 29.8 Å². The molecule has 0 bridgehead atoms. The number of aromatic nitrogens is 1. The predicted octanol–water partition coefficient (Wildman–Crippen LogP) is 2.01. The fraction of sp³-hybridized carbons (Fsp3) is 0.444. The van der Waals surface area contributed by atoms with Crippen LogP contribution < -0.4 is 4.80 Å². The molecule has 1 aliphatic heterocycles. The highest BCUT2D eigenvalue weighted by atomic mass is 32.2. The third-order valence-electron chi connectivity index (χ3n) is 4.61. The van der Waals surface area contributed by atoms with Crippen molar-refractivity contribution in [2.24, 2.45) is 10.9 Å². The Labute approximate surface area is 157 Å². The van der Waals surface area contributed by atoms with Gasteiger partial charge >= 0.3 is 0 Å². The van der Waals surface area contributed by atoms with Crippen LogP contribution in [0, 0.1) is 12.8 Å². The minimum absolute atomic E-state index is 0.154. The minimum Gasteiger partial charge on any atom is -0.319 e. The summed E-state index contributed by atoms with van der Waals surface area (Å²) >= 11 is 1.44. The Morgan fingerprint density at radius 1 is 1.23 bits per heavy atom. The molecule has 8 heteroatoms. The molecular formula is C18H23N3O3S2. The van der Waals surface area contributed by atoms with E-state index in [-0.39, 0.29) is 11.8 Å². The third-order valence-corrected chi connectivity index (χ3v) is 6.71. The highest BCUT2D eigenvalue weighted by Crippen LogP contribution is 2.20. The zero-order valence-corrected chi connectivity index (χ0v) is 16.6. The van der Waals surface area contributed by atoms with E-state index in [0.717, 1.165) is 5.56 Å². The Bertz CT molecular complexity index is 935. The van der Waals surface area contributed by atoms with E-state index >= 15 is 0 Å². The summed E-state index contributed by atoms with van der Waals surface area (Å²) in [6.07, 6.45) is 4.19. The van der Waals surface area contributed by atoms with Crippen LogP contribution in [0.15, 0.2) is 40.8 Å². The predicted molar refractivity (Wildman–Crippen MR) is 102 cm³/mol. The molecule has 1 aromatic heterocycles. The normalized spacial score (nSPS) is 17.5. The highest BCUT2D eigenvalue weighted by molar-refractivity contribution is 7.88. The van der Waals surface area contributed by atoms with Gasteiger partial charge in [0, 0.05) is 37.1 Å². The van der Waals surface area contributed by atoms with Gasteiger partial charge in [0.15, 0.2) is 4.80 Å². The molecule has 0 atom stereocenters. The summed E-state index contributed by atoms with van der Waals surface area (Å²) < 4.78 is 26.5. The average Bonchev–Trinajstić information content (AvgIpc) is 3.03. The standard InChI is InChI=1S/C18H23N3O3S2/c1-14-3-5-15(6-4-14)13-20-11-12-25-18(20)19-17(22)16-7-9-21(10-8-16)26(2,23)24/h3-6,11-12,16H,7-10,13H2,1-2H3. The Morgan fingerprint density at radius 3 is 2.50 bits per heavy atom. The molecule has 0 spiro atoms. The quantitative estimate of drug-likeness (QED) is 0.798. The molecule has 2 aromatic rings. The smallest absolute Gasteiger partial charge is 0.251 e. The molecule has 1 fully saturated rings. The number of nitrogens with zero attached hydrogens (tertiary/aromatic N) is 3. The van der Waals surface area contributed by atoms with Crippen molar-refractivity contribution < 1.29 is 13.2 Å². The summed E-state index contributed by atoms with van der Waals surface area (Å²) in [5.74, 6) is -0.360. The zero-order chi connectivity index (χ0) is 18.7. The largest absolute Gasteiger partial charge is 0.319 e. The van der Waals surface area contributed by atoms with Crippen LogP contribution in [0.2, 0.25) is 0 Å². The summed E-state index contributed by atoms with van der Waals surface area (Å²) in [5, 5.41) is 1.92. The molecular weight excluding hydrogens is 370 g/mol. The van der Waals surface area contributed by atoms with Crippen LogP contribution in [0.1, 0.15) is 24.0 Å². The number of hydrogen-bond acceptors (Lipinski definition) is 4. The molecule has 140 valence electrons. The van der Waals surface area contributed by atoms with E-state index in [1.165, 1.54) is 27.5 Å². The van der Waals surface area contributed by atoms with Crippen LogP contribution in [0.3, 0.4) is 0 Å². The molecule has 1 amide bonds. The topological polar surface area (TPSA) is 71.7 Å². The van der Waals surface area contributed by atoms with E-state index in [1.807, 2.05) is 16.1 Å². The maximum Gasteiger partial charge on any atom is 0.251 e. The van der Waals surface area contributed by atoms with Gasteiger partial charge in [-0.15, -0.1) is 11.3 Å². The lowest BCUT2D eigenvalue weighted by atomic mass is 9.98. The van der Waals surface area contributed by atoms with Crippen LogP contribution in [0.25, 0.3) is 0 Å². The average molecular weight is 394 g/mol. The number of thiazole rings is 1. The molecule has 2 heterocycles. The minimum atomic E-state index is -3.18. The van der Waals surface area contributed by atoms with Crippen molar-refractivity contribution in [3.8, 4) is 0 Å². The lowest BCUT2D eigenvalue weighted by Crippen LogP contribution is -2.39. The van der Waals surface area contributed by atoms with Crippen molar-refractivity contribution in [1.82, 2.24) is 8.87 Å². The van der Waals surface area contributed by atoms with Gasteiger partial charge in [-0.05, 0) is 25.3 Å². The van der Waals surface area contributed by atoms with Gasteiger partial charge in [0.05, 0.1) is 6.26 Å². The number of amides is 1. The van der Waals surface area contributed by atoms with Crippen LogP contribution >= 0.6 is 11.3 Å². The summed E-state index contributed by atoms with van der Waals surface area (Å²) in [6.45, 7) is 3.50. The van der Waals surface area contributed by atoms with Crippen molar-refractivity contribution in [3.05, 3.63) is 51.8 Å². The number of carbonyl (C=O) groups excluding carboxylic acids is 1. The van der Waals surface area contributed by atoms with E-state index in [4.69, 9.17) is 0 Å². The fourth-order valence-electron chi connectivity index (χ4n) is 3.02. The molecule has 1 aliphatic rings. The molecule has 0 N–H and O–H groups in total. The summed E-state index contributed by atoms with van der Waals surface area (Å²) in [7, 11) is -3.18. The van der Waals surface area contributed by atoms with Gasteiger partial charge in [-0.2, -0.15) is 4.99 Å². The lowest BCUT2D eigenvalue weighted by Gasteiger charge is -2.28. The first kappa shape index (κ1) is 19.0. The van der Waals surface area contributed by atoms with Crippen molar-refractivity contribution in [1.29, 1.82) is 0 Å². The summed E-state index contributed by atoms with van der Waals surface area (Å²) in [4.78, 5) is 17.5. The SMILES string of the molecule is Cc1ccc(Cn2ccsc2=NC(=O)C2CCN(S(C)(=O)=O)CC2)cc1. The number of benzene rings is 1. The monoisotopic (exact) mass is 393 g/mol. The summed E-state index contributed by atoms with van der Waals surface area (Å²) in [5.41, 5.74) is 2.37. The van der Waals surface area contributed by atoms with Gasteiger partial charge in [0.1, 0.15) is 0 Å². The van der Waals surface area contributed by atoms with Gasteiger partial charge in [-0.25, -0.2) is 12.7 Å². The highest BCUT2D eigenvalue weighted by Gasteiger charge is 2.28. The van der Waals surface area contributed by atoms with Crippen LogP contribution in [0.4, 0.5) is 0 Å².